The van der Waals surface area contributed by atoms with Crippen LogP contribution in [0.5, 0.6) is 0 Å². The minimum absolute atomic E-state index is 0. The summed E-state index contributed by atoms with van der Waals surface area (Å²) < 4.78 is 5.89. The van der Waals surface area contributed by atoms with Crippen LogP contribution in [0.4, 0.5) is 0 Å². The monoisotopic (exact) mass is 378 g/mol. The Morgan fingerprint density at radius 3 is 2.46 bits per heavy atom. The molecule has 3 aliphatic rings. The van der Waals surface area contributed by atoms with Crippen molar-refractivity contribution in [3.05, 3.63) is 35.9 Å². The van der Waals surface area contributed by atoms with Crippen molar-refractivity contribution in [2.75, 3.05) is 13.2 Å². The van der Waals surface area contributed by atoms with Gasteiger partial charge in [0, 0.05) is 18.5 Å². The van der Waals surface area contributed by atoms with E-state index < -0.39 is 0 Å². The molecule has 4 unspecified atom stereocenters. The largest absolute Gasteiger partial charge is 0.374 e. The van der Waals surface area contributed by atoms with Crippen LogP contribution in [0.25, 0.3) is 0 Å². The number of hydrogen-bond acceptors (Lipinski definition) is 3. The van der Waals surface area contributed by atoms with Crippen molar-refractivity contribution in [3.8, 4) is 0 Å². The van der Waals surface area contributed by atoms with Gasteiger partial charge in [0.25, 0.3) is 0 Å². The maximum atomic E-state index is 13.4. The van der Waals surface area contributed by atoms with Gasteiger partial charge in [0.1, 0.15) is 0 Å². The number of amides is 1. The fraction of sp³-hybridized carbons (Fsp3) is 0.667. The molecule has 144 valence electrons. The summed E-state index contributed by atoms with van der Waals surface area (Å²) in [5.41, 5.74) is 7.60. The normalized spacial score (nSPS) is 36.9. The Morgan fingerprint density at radius 2 is 1.81 bits per heavy atom. The molecule has 1 aliphatic heterocycles. The number of benzene rings is 1. The van der Waals surface area contributed by atoms with Crippen molar-refractivity contribution in [1.29, 1.82) is 0 Å². The van der Waals surface area contributed by atoms with Gasteiger partial charge in [0.05, 0.1) is 18.8 Å². The molecule has 1 amide bonds. The lowest BCUT2D eigenvalue weighted by Gasteiger charge is -2.46. The maximum Gasteiger partial charge on any atom is 0.226 e. The van der Waals surface area contributed by atoms with Crippen molar-refractivity contribution < 1.29 is 9.53 Å². The Morgan fingerprint density at radius 1 is 1.15 bits per heavy atom. The van der Waals surface area contributed by atoms with E-state index in [1.54, 1.807) is 0 Å². The molecule has 0 spiro atoms. The Labute approximate surface area is 162 Å². The maximum absolute atomic E-state index is 13.4. The lowest BCUT2D eigenvalue weighted by molar-refractivity contribution is -0.152. The van der Waals surface area contributed by atoms with Crippen molar-refractivity contribution >= 4 is 18.3 Å². The van der Waals surface area contributed by atoms with Gasteiger partial charge in [-0.05, 0) is 50.0 Å². The Hall–Kier alpha value is -1.10. The number of nitrogens with zero attached hydrogens (tertiary/aromatic N) is 1. The van der Waals surface area contributed by atoms with Gasteiger partial charge in [0.2, 0.25) is 5.91 Å². The van der Waals surface area contributed by atoms with Crippen molar-refractivity contribution in [2.45, 2.75) is 57.2 Å². The molecule has 3 fully saturated rings. The van der Waals surface area contributed by atoms with Gasteiger partial charge in [-0.2, -0.15) is 0 Å². The zero-order valence-corrected chi connectivity index (χ0v) is 16.4. The number of fused-ring (bicyclic) bond motifs is 2. The Bertz CT molecular complexity index is 597. The Kier molecular flexibility index (Phi) is 6.26. The highest BCUT2D eigenvalue weighted by Crippen LogP contribution is 2.43. The van der Waals surface area contributed by atoms with Gasteiger partial charge in [-0.15, -0.1) is 12.4 Å². The zero-order chi connectivity index (χ0) is 17.4. The highest BCUT2D eigenvalue weighted by molar-refractivity contribution is 5.85. The van der Waals surface area contributed by atoms with Gasteiger partial charge in [-0.25, -0.2) is 0 Å². The Balaban J connectivity index is 0.00000196. The third-order valence-corrected chi connectivity index (χ3v) is 6.60. The third-order valence-electron chi connectivity index (χ3n) is 6.60. The summed E-state index contributed by atoms with van der Waals surface area (Å²) in [6, 6.07) is 10.7. The second-order valence-corrected chi connectivity index (χ2v) is 8.26. The van der Waals surface area contributed by atoms with E-state index in [4.69, 9.17) is 10.5 Å². The van der Waals surface area contributed by atoms with Gasteiger partial charge in [0.15, 0.2) is 0 Å². The van der Waals surface area contributed by atoms with Crippen molar-refractivity contribution in [3.63, 3.8) is 0 Å². The summed E-state index contributed by atoms with van der Waals surface area (Å²) in [4.78, 5) is 15.5. The molecule has 4 nitrogen and oxygen atoms in total. The number of nitrogens with two attached hydrogens (primary N) is 1. The summed E-state index contributed by atoms with van der Waals surface area (Å²) in [6.07, 6.45) is 5.74. The number of rotatable bonds is 2. The molecule has 1 aromatic carbocycles. The lowest BCUT2D eigenvalue weighted by atomic mass is 9.65. The molecule has 1 aromatic rings. The number of carbonyl (C=O) groups is 1. The molecule has 0 aromatic heterocycles. The average molecular weight is 379 g/mol. The van der Waals surface area contributed by atoms with Crippen molar-refractivity contribution in [2.24, 2.45) is 23.5 Å². The third kappa shape index (κ3) is 3.78. The number of ether oxygens (including phenoxy) is 1. The fourth-order valence-corrected chi connectivity index (χ4v) is 5.22. The SMILES string of the molecule is CC1CN(C(=O)C2CC3CCCC(C2)C3N)C(c2ccccc2)CO1.Cl. The molecule has 26 heavy (non-hydrogen) atoms. The number of halogens is 1. The first-order chi connectivity index (χ1) is 12.1. The molecular formula is C21H31ClN2O2. The average Bonchev–Trinajstić information content (AvgIpc) is 2.61. The van der Waals surface area contributed by atoms with Crippen LogP contribution in [0.1, 0.15) is 50.6 Å². The lowest BCUT2D eigenvalue weighted by Crippen LogP contribution is -2.53. The second-order valence-electron chi connectivity index (χ2n) is 8.26. The smallest absolute Gasteiger partial charge is 0.226 e. The van der Waals surface area contributed by atoms with Crippen LogP contribution >= 0.6 is 12.4 Å². The minimum atomic E-state index is 0. The van der Waals surface area contributed by atoms with E-state index in [1.807, 2.05) is 18.2 Å². The van der Waals surface area contributed by atoms with Gasteiger partial charge < -0.3 is 15.4 Å². The van der Waals surface area contributed by atoms with Crippen LogP contribution in [0.3, 0.4) is 0 Å². The van der Waals surface area contributed by atoms with Crippen LogP contribution < -0.4 is 5.73 Å². The van der Waals surface area contributed by atoms with Gasteiger partial charge >= 0.3 is 0 Å². The van der Waals surface area contributed by atoms with E-state index in [1.165, 1.54) is 24.8 Å². The summed E-state index contributed by atoms with van der Waals surface area (Å²) in [5, 5.41) is 0. The quantitative estimate of drug-likeness (QED) is 0.856. The molecular weight excluding hydrogens is 348 g/mol. The van der Waals surface area contributed by atoms with Gasteiger partial charge in [-0.1, -0.05) is 36.8 Å². The zero-order valence-electron chi connectivity index (χ0n) is 15.5. The predicted molar refractivity (Wildman–Crippen MR) is 105 cm³/mol. The summed E-state index contributed by atoms with van der Waals surface area (Å²) in [5.74, 6) is 1.55. The van der Waals surface area contributed by atoms with E-state index in [-0.39, 0.29) is 30.5 Å². The van der Waals surface area contributed by atoms with E-state index in [0.717, 1.165) is 12.8 Å². The van der Waals surface area contributed by atoms with Crippen LogP contribution in [-0.4, -0.2) is 36.1 Å². The number of carbonyl (C=O) groups excluding carboxylic acids is 1. The first-order valence-corrected chi connectivity index (χ1v) is 9.86. The summed E-state index contributed by atoms with van der Waals surface area (Å²) in [7, 11) is 0. The number of hydrogen-bond donors (Lipinski definition) is 1. The molecule has 2 saturated carbocycles. The molecule has 4 atom stereocenters. The molecule has 0 radical (unpaired) electrons. The van der Waals surface area contributed by atoms with Crippen LogP contribution in [0.2, 0.25) is 0 Å². The molecule has 2 aliphatic carbocycles. The highest BCUT2D eigenvalue weighted by Gasteiger charge is 2.43. The topological polar surface area (TPSA) is 55.6 Å². The van der Waals surface area contributed by atoms with Crippen LogP contribution in [0, 0.1) is 17.8 Å². The van der Waals surface area contributed by atoms with E-state index in [2.05, 4.69) is 24.0 Å². The van der Waals surface area contributed by atoms with Crippen LogP contribution in [-0.2, 0) is 9.53 Å². The first kappa shape index (κ1) is 19.7. The first-order valence-electron chi connectivity index (χ1n) is 9.86. The molecule has 1 saturated heterocycles. The second kappa shape index (κ2) is 8.28. The molecule has 2 N–H and O–H groups in total. The molecule has 4 rings (SSSR count). The molecule has 2 bridgehead atoms. The van der Waals surface area contributed by atoms with E-state index in [0.29, 0.717) is 36.9 Å². The molecule has 5 heteroatoms. The summed E-state index contributed by atoms with van der Waals surface area (Å²) >= 11 is 0. The van der Waals surface area contributed by atoms with Gasteiger partial charge in [-0.3, -0.25) is 4.79 Å². The minimum Gasteiger partial charge on any atom is -0.374 e. The van der Waals surface area contributed by atoms with E-state index in [9.17, 15) is 4.79 Å². The molecule has 1 heterocycles. The fourth-order valence-electron chi connectivity index (χ4n) is 5.22. The number of morpholine rings is 1. The van der Waals surface area contributed by atoms with E-state index >= 15 is 0 Å². The van der Waals surface area contributed by atoms with Crippen LogP contribution in [0.15, 0.2) is 30.3 Å². The predicted octanol–water partition coefficient (Wildman–Crippen LogP) is 3.55. The standard InChI is InChI=1S/C21H30N2O2.ClH/c1-14-12-23(19(13-25-14)15-6-3-2-4-7-15)21(24)18-10-16-8-5-9-17(11-18)20(16)22;/h2-4,6-7,14,16-20H,5,8-13,22H2,1H3;1H. The summed E-state index contributed by atoms with van der Waals surface area (Å²) in [6.45, 7) is 3.35. The highest BCUT2D eigenvalue weighted by atomic mass is 35.5. The van der Waals surface area contributed by atoms with Crippen molar-refractivity contribution in [1.82, 2.24) is 4.90 Å².